The number of carbonyl (C=O) groups excluding carboxylic acids is 1. The van der Waals surface area contributed by atoms with Gasteiger partial charge in [-0.1, -0.05) is 0 Å². The zero-order valence-corrected chi connectivity index (χ0v) is 12.8. The number of fused-ring (bicyclic) bond motifs is 1. The van der Waals surface area contributed by atoms with Crippen LogP contribution in [0.5, 0.6) is 0 Å². The fourth-order valence-electron chi connectivity index (χ4n) is 2.60. The lowest BCUT2D eigenvalue weighted by Gasteiger charge is -2.13. The van der Waals surface area contributed by atoms with E-state index >= 15 is 0 Å². The first kappa shape index (κ1) is 14.8. The van der Waals surface area contributed by atoms with Crippen LogP contribution in [0.15, 0.2) is 28.9 Å². The Morgan fingerprint density at radius 3 is 3.17 bits per heavy atom. The van der Waals surface area contributed by atoms with E-state index in [9.17, 15) is 4.79 Å². The fourth-order valence-corrected chi connectivity index (χ4v) is 2.60. The van der Waals surface area contributed by atoms with Gasteiger partial charge in [0.05, 0.1) is 6.26 Å². The predicted octanol–water partition coefficient (Wildman–Crippen LogP) is 0.528. The van der Waals surface area contributed by atoms with Gasteiger partial charge in [0.25, 0.3) is 0 Å². The van der Waals surface area contributed by atoms with Gasteiger partial charge >= 0.3 is 0 Å². The summed E-state index contributed by atoms with van der Waals surface area (Å²) >= 11 is 0. The summed E-state index contributed by atoms with van der Waals surface area (Å²) in [6.45, 7) is 1.82. The molecule has 4 rings (SSSR count). The molecule has 0 aliphatic carbocycles. The Morgan fingerprint density at radius 1 is 1.42 bits per heavy atom. The highest BCUT2D eigenvalue weighted by Crippen LogP contribution is 2.19. The maximum absolute atomic E-state index is 12.6. The number of ketones is 1. The molecule has 3 aromatic rings. The number of ether oxygens (including phenoxy) is 1. The van der Waals surface area contributed by atoms with Gasteiger partial charge in [0.15, 0.2) is 11.4 Å². The molecule has 1 unspecified atom stereocenters. The van der Waals surface area contributed by atoms with Crippen molar-refractivity contribution in [1.82, 2.24) is 24.9 Å². The molecule has 3 aromatic heterocycles. The lowest BCUT2D eigenvalue weighted by Crippen LogP contribution is -2.34. The summed E-state index contributed by atoms with van der Waals surface area (Å²) in [6, 6.07) is 5.05. The van der Waals surface area contributed by atoms with Crippen LogP contribution in [-0.2, 0) is 4.74 Å². The number of nitrogens with one attached hydrogen (secondary N) is 1. The second kappa shape index (κ2) is 6.02. The third-order valence-corrected chi connectivity index (χ3v) is 3.78. The van der Waals surface area contributed by atoms with Gasteiger partial charge in [-0.25, -0.2) is 9.97 Å². The molecule has 0 spiro atoms. The lowest BCUT2D eigenvalue weighted by molar-refractivity contribution is 0.0475. The zero-order chi connectivity index (χ0) is 16.5. The number of furan rings is 1. The van der Waals surface area contributed by atoms with Gasteiger partial charge in [-0.3, -0.25) is 4.79 Å². The predicted molar refractivity (Wildman–Crippen MR) is 84.5 cm³/mol. The van der Waals surface area contributed by atoms with Crippen LogP contribution in [0, 0.1) is 0 Å². The average Bonchev–Trinajstić information content (AvgIpc) is 3.18. The summed E-state index contributed by atoms with van der Waals surface area (Å²) in [5.74, 6) is 0.761. The van der Waals surface area contributed by atoms with E-state index in [1.54, 1.807) is 18.2 Å². The number of nitrogen functional groups attached to an aromatic ring is 1. The number of hydrogen-bond donors (Lipinski definition) is 2. The van der Waals surface area contributed by atoms with Gasteiger partial charge in [-0.15, -0.1) is 5.10 Å². The minimum absolute atomic E-state index is 0.0859. The molecule has 1 saturated heterocycles. The maximum atomic E-state index is 12.6. The highest BCUT2D eigenvalue weighted by atomic mass is 16.5. The van der Waals surface area contributed by atoms with E-state index in [1.807, 2.05) is 0 Å². The normalized spacial score (nSPS) is 18.6. The van der Waals surface area contributed by atoms with Gasteiger partial charge in [0, 0.05) is 19.2 Å². The molecule has 1 atom stereocenters. The molecule has 9 nitrogen and oxygen atoms in total. The van der Waals surface area contributed by atoms with Gasteiger partial charge in [0.1, 0.15) is 11.8 Å². The topological polar surface area (TPSA) is 121 Å². The summed E-state index contributed by atoms with van der Waals surface area (Å²) in [6.07, 6.45) is 1.83. The molecule has 4 heterocycles. The quantitative estimate of drug-likeness (QED) is 0.668. The SMILES string of the molecule is Nc1nc(C(=O)C2CNCCCO2)cc2nc(-c3ccco3)nn12. The summed E-state index contributed by atoms with van der Waals surface area (Å²) in [7, 11) is 0. The van der Waals surface area contributed by atoms with Crippen molar-refractivity contribution >= 4 is 17.4 Å². The van der Waals surface area contributed by atoms with E-state index in [-0.39, 0.29) is 17.4 Å². The lowest BCUT2D eigenvalue weighted by atomic mass is 10.1. The van der Waals surface area contributed by atoms with Crippen molar-refractivity contribution in [2.45, 2.75) is 12.5 Å². The Balaban J connectivity index is 1.70. The molecule has 0 saturated carbocycles. The van der Waals surface area contributed by atoms with Crippen molar-refractivity contribution in [3.8, 4) is 11.6 Å². The molecule has 124 valence electrons. The Bertz CT molecular complexity index is 865. The molecule has 3 N–H and O–H groups in total. The number of aromatic nitrogens is 4. The van der Waals surface area contributed by atoms with Crippen molar-refractivity contribution in [3.05, 3.63) is 30.2 Å². The standard InChI is InChI=1S/C15H16N6O3/c16-15-18-9(13(22)11-8-17-4-2-6-24-11)7-12-19-14(20-21(12)15)10-3-1-5-23-10/h1,3,5,7,11,17H,2,4,6,8H2,(H2,16,18). The number of rotatable bonds is 3. The number of carbonyl (C=O) groups is 1. The van der Waals surface area contributed by atoms with E-state index in [1.165, 1.54) is 10.8 Å². The molecular formula is C15H16N6O3. The third kappa shape index (κ3) is 2.63. The van der Waals surface area contributed by atoms with E-state index in [0.717, 1.165) is 13.0 Å². The minimum atomic E-state index is -0.575. The maximum Gasteiger partial charge on any atom is 0.223 e. The van der Waals surface area contributed by atoms with Gasteiger partial charge in [0.2, 0.25) is 17.6 Å². The third-order valence-electron chi connectivity index (χ3n) is 3.78. The molecule has 1 fully saturated rings. The molecule has 0 bridgehead atoms. The largest absolute Gasteiger partial charge is 0.461 e. The number of hydrogen-bond acceptors (Lipinski definition) is 8. The van der Waals surface area contributed by atoms with Crippen molar-refractivity contribution < 1.29 is 13.9 Å². The summed E-state index contributed by atoms with van der Waals surface area (Å²) in [5, 5.41) is 7.42. The van der Waals surface area contributed by atoms with Crippen LogP contribution in [0.2, 0.25) is 0 Å². The Hall–Kier alpha value is -2.78. The van der Waals surface area contributed by atoms with Crippen molar-refractivity contribution in [3.63, 3.8) is 0 Å². The van der Waals surface area contributed by atoms with Crippen LogP contribution in [0.1, 0.15) is 16.9 Å². The van der Waals surface area contributed by atoms with Crippen LogP contribution >= 0.6 is 0 Å². The first-order valence-corrected chi connectivity index (χ1v) is 7.66. The second-order valence-electron chi connectivity index (χ2n) is 5.46. The minimum Gasteiger partial charge on any atom is -0.461 e. The van der Waals surface area contributed by atoms with E-state index in [0.29, 0.717) is 30.4 Å². The molecule has 24 heavy (non-hydrogen) atoms. The smallest absolute Gasteiger partial charge is 0.223 e. The van der Waals surface area contributed by atoms with E-state index in [4.69, 9.17) is 14.9 Å². The van der Waals surface area contributed by atoms with Crippen LogP contribution in [0.3, 0.4) is 0 Å². The summed E-state index contributed by atoms with van der Waals surface area (Å²) < 4.78 is 12.2. The van der Waals surface area contributed by atoms with Crippen LogP contribution in [-0.4, -0.2) is 51.2 Å². The first-order valence-electron chi connectivity index (χ1n) is 7.66. The zero-order valence-electron chi connectivity index (χ0n) is 12.8. The van der Waals surface area contributed by atoms with Crippen LogP contribution < -0.4 is 11.1 Å². The Morgan fingerprint density at radius 2 is 2.33 bits per heavy atom. The van der Waals surface area contributed by atoms with E-state index < -0.39 is 6.10 Å². The Kier molecular flexibility index (Phi) is 3.71. The number of nitrogens with zero attached hydrogens (tertiary/aromatic N) is 4. The molecule has 1 aliphatic rings. The molecule has 9 heteroatoms. The molecule has 0 amide bonds. The van der Waals surface area contributed by atoms with Crippen LogP contribution in [0.4, 0.5) is 5.95 Å². The van der Waals surface area contributed by atoms with Crippen molar-refractivity contribution in [1.29, 1.82) is 0 Å². The summed E-state index contributed by atoms with van der Waals surface area (Å²) in [4.78, 5) is 21.1. The highest BCUT2D eigenvalue weighted by Gasteiger charge is 2.25. The number of anilines is 1. The molecule has 0 aromatic carbocycles. The van der Waals surface area contributed by atoms with Gasteiger partial charge in [-0.05, 0) is 25.1 Å². The number of nitrogens with two attached hydrogens (primary N) is 1. The van der Waals surface area contributed by atoms with Gasteiger partial charge in [-0.2, -0.15) is 4.52 Å². The van der Waals surface area contributed by atoms with Crippen molar-refractivity contribution in [2.75, 3.05) is 25.4 Å². The molecule has 1 aliphatic heterocycles. The molecular weight excluding hydrogens is 312 g/mol. The van der Waals surface area contributed by atoms with Crippen LogP contribution in [0.25, 0.3) is 17.2 Å². The van der Waals surface area contributed by atoms with Crippen molar-refractivity contribution in [2.24, 2.45) is 0 Å². The van der Waals surface area contributed by atoms with Gasteiger partial charge < -0.3 is 20.2 Å². The van der Waals surface area contributed by atoms with E-state index in [2.05, 4.69) is 20.4 Å². The monoisotopic (exact) mass is 328 g/mol. The second-order valence-corrected chi connectivity index (χ2v) is 5.46. The summed E-state index contributed by atoms with van der Waals surface area (Å²) in [5.41, 5.74) is 6.58. The Labute approximate surface area is 136 Å². The average molecular weight is 328 g/mol. The highest BCUT2D eigenvalue weighted by molar-refractivity contribution is 5.99. The first-order chi connectivity index (χ1) is 11.7. The molecule has 0 radical (unpaired) electrons. The number of Topliss-reactive ketones (excluding diaryl/α,β-unsaturated/α-hetero) is 1. The fraction of sp³-hybridized carbons (Fsp3) is 0.333.